The molecule has 28 heavy (non-hydrogen) atoms. The SMILES string of the molecule is Cc1cc(/C=C2/SC(=O)N(c3ccc(Cl)cc3)C2=O)c(C)n1-c1ccncc1. The number of carbonyl (C=O) groups is 2. The lowest BCUT2D eigenvalue weighted by molar-refractivity contribution is -0.113. The number of imide groups is 1. The second-order valence-corrected chi connectivity index (χ2v) is 7.79. The van der Waals surface area contributed by atoms with E-state index in [1.165, 1.54) is 4.90 Å². The number of carbonyl (C=O) groups excluding carboxylic acids is 2. The fraction of sp³-hybridized carbons (Fsp3) is 0.0952. The number of halogens is 1. The van der Waals surface area contributed by atoms with Crippen molar-refractivity contribution in [2.24, 2.45) is 0 Å². The normalized spacial score (nSPS) is 15.7. The molecule has 1 aliphatic rings. The molecule has 0 saturated carbocycles. The Labute approximate surface area is 171 Å². The highest BCUT2D eigenvalue weighted by Crippen LogP contribution is 2.37. The monoisotopic (exact) mass is 409 g/mol. The number of hydrogen-bond acceptors (Lipinski definition) is 4. The molecule has 4 rings (SSSR count). The molecule has 0 aliphatic carbocycles. The minimum absolute atomic E-state index is 0.318. The van der Waals surface area contributed by atoms with Gasteiger partial charge >= 0.3 is 0 Å². The summed E-state index contributed by atoms with van der Waals surface area (Å²) in [6, 6.07) is 12.5. The van der Waals surface area contributed by atoms with Gasteiger partial charge in [-0.15, -0.1) is 0 Å². The largest absolute Gasteiger partial charge is 0.318 e. The van der Waals surface area contributed by atoms with E-state index in [2.05, 4.69) is 9.55 Å². The fourth-order valence-electron chi connectivity index (χ4n) is 3.25. The average Bonchev–Trinajstić information content (AvgIpc) is 3.12. The lowest BCUT2D eigenvalue weighted by atomic mass is 10.2. The third-order valence-corrected chi connectivity index (χ3v) is 5.68. The van der Waals surface area contributed by atoms with Crippen molar-refractivity contribution in [3.63, 3.8) is 0 Å². The summed E-state index contributed by atoms with van der Waals surface area (Å²) in [6.45, 7) is 3.99. The first-order chi connectivity index (χ1) is 13.5. The number of thioether (sulfide) groups is 1. The fourth-order valence-corrected chi connectivity index (χ4v) is 4.20. The molecule has 0 radical (unpaired) electrons. The summed E-state index contributed by atoms with van der Waals surface area (Å²) in [5.74, 6) is -0.328. The van der Waals surface area contributed by atoms with Crippen molar-refractivity contribution in [1.82, 2.24) is 9.55 Å². The van der Waals surface area contributed by atoms with E-state index in [9.17, 15) is 9.59 Å². The van der Waals surface area contributed by atoms with Gasteiger partial charge in [0.15, 0.2) is 0 Å². The van der Waals surface area contributed by atoms with Gasteiger partial charge in [0.2, 0.25) is 0 Å². The molecule has 3 aromatic rings. The van der Waals surface area contributed by atoms with Crippen molar-refractivity contribution in [2.75, 3.05) is 4.90 Å². The molecular formula is C21H16ClN3O2S. The van der Waals surface area contributed by atoms with Crippen molar-refractivity contribution in [2.45, 2.75) is 13.8 Å². The maximum absolute atomic E-state index is 12.8. The molecular weight excluding hydrogens is 394 g/mol. The number of aromatic nitrogens is 2. The standard InChI is InChI=1S/C21H16ClN3O2S/c1-13-11-15(14(2)24(13)18-7-9-23-10-8-18)12-19-20(26)25(21(27)28-19)17-5-3-16(22)4-6-17/h3-12H,1-2H3/b19-12+. The first-order valence-electron chi connectivity index (χ1n) is 8.58. The van der Waals surface area contributed by atoms with Crippen LogP contribution < -0.4 is 4.90 Å². The van der Waals surface area contributed by atoms with Gasteiger partial charge in [0.25, 0.3) is 11.1 Å². The summed E-state index contributed by atoms with van der Waals surface area (Å²) in [4.78, 5) is 30.9. The summed E-state index contributed by atoms with van der Waals surface area (Å²) in [6.07, 6.45) is 5.26. The van der Waals surface area contributed by atoms with Crippen LogP contribution in [0.15, 0.2) is 59.8 Å². The molecule has 1 saturated heterocycles. The number of aryl methyl sites for hydroxylation is 1. The Morgan fingerprint density at radius 2 is 1.68 bits per heavy atom. The summed E-state index contributed by atoms with van der Waals surface area (Å²) < 4.78 is 2.09. The first kappa shape index (κ1) is 18.5. The van der Waals surface area contributed by atoms with Crippen LogP contribution in [0.4, 0.5) is 10.5 Å². The molecule has 140 valence electrons. The molecule has 2 aromatic heterocycles. The van der Waals surface area contributed by atoms with Crippen LogP contribution in [-0.2, 0) is 4.79 Å². The van der Waals surface area contributed by atoms with E-state index in [1.54, 1.807) is 42.7 Å². The number of rotatable bonds is 3. The van der Waals surface area contributed by atoms with Gasteiger partial charge in [-0.25, -0.2) is 4.90 Å². The molecule has 0 atom stereocenters. The van der Waals surface area contributed by atoms with Crippen LogP contribution in [0.3, 0.4) is 0 Å². The van der Waals surface area contributed by atoms with Gasteiger partial charge in [0.1, 0.15) is 0 Å². The Morgan fingerprint density at radius 3 is 2.36 bits per heavy atom. The molecule has 0 spiro atoms. The highest BCUT2D eigenvalue weighted by Gasteiger charge is 2.36. The van der Waals surface area contributed by atoms with Crippen molar-refractivity contribution >= 4 is 46.3 Å². The minimum Gasteiger partial charge on any atom is -0.318 e. The lowest BCUT2D eigenvalue weighted by Gasteiger charge is -2.12. The van der Waals surface area contributed by atoms with Crippen LogP contribution in [0.25, 0.3) is 11.8 Å². The van der Waals surface area contributed by atoms with E-state index in [4.69, 9.17) is 11.6 Å². The average molecular weight is 410 g/mol. The smallest absolute Gasteiger partial charge is 0.298 e. The molecule has 0 unspecified atom stereocenters. The minimum atomic E-state index is -0.328. The summed E-state index contributed by atoms with van der Waals surface area (Å²) in [5.41, 5.74) is 4.43. The zero-order valence-electron chi connectivity index (χ0n) is 15.2. The molecule has 1 aromatic carbocycles. The predicted octanol–water partition coefficient (Wildman–Crippen LogP) is 5.38. The van der Waals surface area contributed by atoms with Gasteiger partial charge in [0.05, 0.1) is 10.6 Å². The molecule has 0 N–H and O–H groups in total. The van der Waals surface area contributed by atoms with Crippen LogP contribution in [0.1, 0.15) is 17.0 Å². The first-order valence-corrected chi connectivity index (χ1v) is 9.78. The Hall–Kier alpha value is -2.83. The van der Waals surface area contributed by atoms with E-state index in [1.807, 2.05) is 32.0 Å². The molecule has 0 bridgehead atoms. The quantitative estimate of drug-likeness (QED) is 0.544. The number of pyridine rings is 1. The van der Waals surface area contributed by atoms with Crippen molar-refractivity contribution in [3.8, 4) is 5.69 Å². The Morgan fingerprint density at radius 1 is 1.00 bits per heavy atom. The van der Waals surface area contributed by atoms with Crippen LogP contribution >= 0.6 is 23.4 Å². The molecule has 3 heterocycles. The lowest BCUT2D eigenvalue weighted by Crippen LogP contribution is -2.27. The summed E-state index contributed by atoms with van der Waals surface area (Å²) in [7, 11) is 0. The second kappa shape index (κ2) is 7.30. The maximum atomic E-state index is 12.8. The van der Waals surface area contributed by atoms with E-state index in [-0.39, 0.29) is 11.1 Å². The molecule has 1 fully saturated rings. The molecule has 1 aliphatic heterocycles. The van der Waals surface area contributed by atoms with Gasteiger partial charge < -0.3 is 4.57 Å². The number of benzene rings is 1. The van der Waals surface area contributed by atoms with E-state index in [0.717, 1.165) is 34.4 Å². The van der Waals surface area contributed by atoms with Crippen LogP contribution in [0.5, 0.6) is 0 Å². The zero-order chi connectivity index (χ0) is 19.8. The number of anilines is 1. The molecule has 7 heteroatoms. The Balaban J connectivity index is 1.70. The molecule has 5 nitrogen and oxygen atoms in total. The predicted molar refractivity (Wildman–Crippen MR) is 113 cm³/mol. The highest BCUT2D eigenvalue weighted by atomic mass is 35.5. The van der Waals surface area contributed by atoms with Gasteiger partial charge in [-0.1, -0.05) is 11.6 Å². The summed E-state index contributed by atoms with van der Waals surface area (Å²) >= 11 is 6.84. The van der Waals surface area contributed by atoms with E-state index >= 15 is 0 Å². The van der Waals surface area contributed by atoms with Gasteiger partial charge in [-0.05, 0) is 79.7 Å². The maximum Gasteiger partial charge on any atom is 0.298 e. The third kappa shape index (κ3) is 3.25. The number of hydrogen-bond donors (Lipinski definition) is 0. The third-order valence-electron chi connectivity index (χ3n) is 4.56. The zero-order valence-corrected chi connectivity index (χ0v) is 16.8. The van der Waals surface area contributed by atoms with Crippen LogP contribution in [0, 0.1) is 13.8 Å². The highest BCUT2D eigenvalue weighted by molar-refractivity contribution is 8.19. The van der Waals surface area contributed by atoms with Crippen molar-refractivity contribution in [1.29, 1.82) is 0 Å². The van der Waals surface area contributed by atoms with Gasteiger partial charge in [0, 0.05) is 34.5 Å². The van der Waals surface area contributed by atoms with Gasteiger partial charge in [-0.2, -0.15) is 0 Å². The number of amides is 2. The van der Waals surface area contributed by atoms with Crippen LogP contribution in [-0.4, -0.2) is 20.7 Å². The van der Waals surface area contributed by atoms with E-state index < -0.39 is 0 Å². The second-order valence-electron chi connectivity index (χ2n) is 6.36. The van der Waals surface area contributed by atoms with E-state index in [0.29, 0.717) is 15.6 Å². The summed E-state index contributed by atoms with van der Waals surface area (Å²) in [5, 5.41) is 0.233. The topological polar surface area (TPSA) is 55.2 Å². The van der Waals surface area contributed by atoms with Crippen molar-refractivity contribution in [3.05, 3.63) is 81.7 Å². The Kier molecular flexibility index (Phi) is 4.83. The Bertz CT molecular complexity index is 1100. The number of nitrogens with zero attached hydrogens (tertiary/aromatic N) is 3. The van der Waals surface area contributed by atoms with Crippen molar-refractivity contribution < 1.29 is 9.59 Å². The molecule has 2 amide bonds. The van der Waals surface area contributed by atoms with Gasteiger partial charge in [-0.3, -0.25) is 14.6 Å². The van der Waals surface area contributed by atoms with Crippen LogP contribution in [0.2, 0.25) is 5.02 Å².